The van der Waals surface area contributed by atoms with Gasteiger partial charge in [-0.05, 0) is 18.6 Å². The second-order valence-corrected chi connectivity index (χ2v) is 3.58. The number of amides is 2. The molecule has 0 atom stereocenters. The zero-order chi connectivity index (χ0) is 12.7. The first-order chi connectivity index (χ1) is 8.17. The third kappa shape index (κ3) is 4.30. The second-order valence-electron chi connectivity index (χ2n) is 3.58. The Hall–Kier alpha value is -1.78. The Kier molecular flexibility index (Phi) is 5.26. The smallest absolute Gasteiger partial charge is 0.319 e. The van der Waals surface area contributed by atoms with Crippen molar-refractivity contribution in [1.82, 2.24) is 5.32 Å². The van der Waals surface area contributed by atoms with Crippen molar-refractivity contribution >= 4 is 11.7 Å². The molecule has 0 heterocycles. The highest BCUT2D eigenvalue weighted by Crippen LogP contribution is 2.24. The van der Waals surface area contributed by atoms with E-state index >= 15 is 0 Å². The fraction of sp³-hybridized carbons (Fsp3) is 0.417. The SMILES string of the molecule is CCCCNC(=O)Nc1ccc(F)cc1OC. The Balaban J connectivity index is 2.58. The van der Waals surface area contributed by atoms with Gasteiger partial charge in [0, 0.05) is 12.6 Å². The fourth-order valence-electron chi connectivity index (χ4n) is 1.31. The molecule has 2 amide bonds. The zero-order valence-corrected chi connectivity index (χ0v) is 10.0. The summed E-state index contributed by atoms with van der Waals surface area (Å²) in [6.45, 7) is 2.66. The largest absolute Gasteiger partial charge is 0.494 e. The van der Waals surface area contributed by atoms with Gasteiger partial charge in [-0.25, -0.2) is 9.18 Å². The minimum atomic E-state index is -0.404. The number of nitrogens with one attached hydrogen (secondary N) is 2. The first kappa shape index (κ1) is 13.3. The third-order valence-corrected chi connectivity index (χ3v) is 2.23. The lowest BCUT2D eigenvalue weighted by molar-refractivity contribution is 0.252. The summed E-state index contributed by atoms with van der Waals surface area (Å²) in [5, 5.41) is 5.30. The predicted octanol–water partition coefficient (Wildman–Crippen LogP) is 2.76. The highest BCUT2D eigenvalue weighted by atomic mass is 19.1. The number of ether oxygens (including phenoxy) is 1. The van der Waals surface area contributed by atoms with Crippen molar-refractivity contribution in [2.24, 2.45) is 0 Å². The van der Waals surface area contributed by atoms with Crippen LogP contribution in [0.25, 0.3) is 0 Å². The molecule has 0 spiro atoms. The van der Waals surface area contributed by atoms with Crippen molar-refractivity contribution in [3.05, 3.63) is 24.0 Å². The molecule has 94 valence electrons. The Morgan fingerprint density at radius 3 is 2.88 bits per heavy atom. The molecule has 2 N–H and O–H groups in total. The van der Waals surface area contributed by atoms with Crippen molar-refractivity contribution < 1.29 is 13.9 Å². The Labute approximate surface area is 100 Å². The maximum Gasteiger partial charge on any atom is 0.319 e. The standard InChI is InChI=1S/C12H17FN2O2/c1-3-4-7-14-12(16)15-10-6-5-9(13)8-11(10)17-2/h5-6,8H,3-4,7H2,1-2H3,(H2,14,15,16). The van der Waals surface area contributed by atoms with E-state index in [9.17, 15) is 9.18 Å². The first-order valence-corrected chi connectivity index (χ1v) is 5.55. The van der Waals surface area contributed by atoms with Gasteiger partial charge in [0.05, 0.1) is 12.8 Å². The number of carbonyl (C=O) groups is 1. The van der Waals surface area contributed by atoms with Crippen LogP contribution in [0, 0.1) is 5.82 Å². The van der Waals surface area contributed by atoms with Crippen LogP contribution >= 0.6 is 0 Å². The highest BCUT2D eigenvalue weighted by molar-refractivity contribution is 5.90. The quantitative estimate of drug-likeness (QED) is 0.777. The summed E-state index contributed by atoms with van der Waals surface area (Å²) in [5.41, 5.74) is 0.447. The molecule has 0 fully saturated rings. The minimum absolute atomic E-state index is 0.302. The number of carbonyl (C=O) groups excluding carboxylic acids is 1. The number of hydrogen-bond acceptors (Lipinski definition) is 2. The van der Waals surface area contributed by atoms with Crippen molar-refractivity contribution in [2.45, 2.75) is 19.8 Å². The minimum Gasteiger partial charge on any atom is -0.494 e. The molecule has 0 unspecified atom stereocenters. The molecular weight excluding hydrogens is 223 g/mol. The van der Waals surface area contributed by atoms with Crippen LogP contribution in [0.4, 0.5) is 14.9 Å². The average molecular weight is 240 g/mol. The van der Waals surface area contributed by atoms with Crippen LogP contribution in [0.5, 0.6) is 5.75 Å². The summed E-state index contributed by atoms with van der Waals surface area (Å²) in [6.07, 6.45) is 1.94. The van der Waals surface area contributed by atoms with Gasteiger partial charge >= 0.3 is 6.03 Å². The molecule has 5 heteroatoms. The van der Waals surface area contributed by atoms with E-state index in [0.717, 1.165) is 12.8 Å². The van der Waals surface area contributed by atoms with Gasteiger partial charge in [0.2, 0.25) is 0 Å². The van der Waals surface area contributed by atoms with Crippen LogP contribution in [0.2, 0.25) is 0 Å². The van der Waals surface area contributed by atoms with Crippen LogP contribution in [0.1, 0.15) is 19.8 Å². The summed E-state index contributed by atoms with van der Waals surface area (Å²) in [5.74, 6) is -0.102. The van der Waals surface area contributed by atoms with E-state index in [2.05, 4.69) is 10.6 Å². The number of urea groups is 1. The lowest BCUT2D eigenvalue weighted by Gasteiger charge is -2.10. The fourth-order valence-corrected chi connectivity index (χ4v) is 1.31. The van der Waals surface area contributed by atoms with Crippen molar-refractivity contribution in [3.63, 3.8) is 0 Å². The zero-order valence-electron chi connectivity index (χ0n) is 10.0. The van der Waals surface area contributed by atoms with Crippen LogP contribution in [0.15, 0.2) is 18.2 Å². The molecular formula is C12H17FN2O2. The lowest BCUT2D eigenvalue weighted by atomic mass is 10.3. The maximum absolute atomic E-state index is 12.9. The van der Waals surface area contributed by atoms with E-state index in [-0.39, 0.29) is 6.03 Å². The van der Waals surface area contributed by atoms with E-state index in [1.54, 1.807) is 0 Å². The number of anilines is 1. The number of benzene rings is 1. The van der Waals surface area contributed by atoms with Crippen LogP contribution in [-0.2, 0) is 0 Å². The molecule has 0 aliphatic rings. The van der Waals surface area contributed by atoms with Gasteiger partial charge in [-0.1, -0.05) is 13.3 Å². The number of rotatable bonds is 5. The number of hydrogen-bond donors (Lipinski definition) is 2. The topological polar surface area (TPSA) is 50.4 Å². The highest BCUT2D eigenvalue weighted by Gasteiger charge is 2.07. The molecule has 0 aliphatic heterocycles. The lowest BCUT2D eigenvalue weighted by Crippen LogP contribution is -2.29. The molecule has 0 radical (unpaired) electrons. The van der Waals surface area contributed by atoms with Gasteiger partial charge in [0.25, 0.3) is 0 Å². The van der Waals surface area contributed by atoms with Crippen LogP contribution in [0.3, 0.4) is 0 Å². The molecule has 0 saturated carbocycles. The summed E-state index contributed by atoms with van der Waals surface area (Å²) >= 11 is 0. The normalized spacial score (nSPS) is 9.82. The van der Waals surface area contributed by atoms with Crippen molar-refractivity contribution in [1.29, 1.82) is 0 Å². The molecule has 1 aromatic carbocycles. The Morgan fingerprint density at radius 2 is 2.24 bits per heavy atom. The molecule has 0 aliphatic carbocycles. The number of methoxy groups -OCH3 is 1. The molecule has 0 bridgehead atoms. The summed E-state index contributed by atoms with van der Waals surface area (Å²) in [4.78, 5) is 11.5. The van der Waals surface area contributed by atoms with Gasteiger partial charge in [-0.2, -0.15) is 0 Å². The van der Waals surface area contributed by atoms with Gasteiger partial charge in [-0.3, -0.25) is 0 Å². The summed E-state index contributed by atoms with van der Waals surface area (Å²) in [7, 11) is 1.43. The predicted molar refractivity (Wildman–Crippen MR) is 64.9 cm³/mol. The van der Waals surface area contributed by atoms with E-state index in [1.807, 2.05) is 6.92 Å². The Bertz CT molecular complexity index is 383. The van der Waals surface area contributed by atoms with Gasteiger partial charge in [0.1, 0.15) is 11.6 Å². The van der Waals surface area contributed by atoms with E-state index in [1.165, 1.54) is 25.3 Å². The number of halogens is 1. The van der Waals surface area contributed by atoms with E-state index in [0.29, 0.717) is 18.0 Å². The Morgan fingerprint density at radius 1 is 1.47 bits per heavy atom. The molecule has 0 aromatic heterocycles. The van der Waals surface area contributed by atoms with Crippen LogP contribution < -0.4 is 15.4 Å². The average Bonchev–Trinajstić information content (AvgIpc) is 2.32. The van der Waals surface area contributed by atoms with Gasteiger partial charge < -0.3 is 15.4 Å². The molecule has 4 nitrogen and oxygen atoms in total. The van der Waals surface area contributed by atoms with Crippen molar-refractivity contribution in [3.8, 4) is 5.75 Å². The summed E-state index contributed by atoms with van der Waals surface area (Å²) in [6, 6.07) is 3.64. The van der Waals surface area contributed by atoms with Crippen molar-refractivity contribution in [2.75, 3.05) is 19.0 Å². The molecule has 0 saturated heterocycles. The molecule has 17 heavy (non-hydrogen) atoms. The third-order valence-electron chi connectivity index (χ3n) is 2.23. The first-order valence-electron chi connectivity index (χ1n) is 5.55. The van der Waals surface area contributed by atoms with Gasteiger partial charge in [0.15, 0.2) is 0 Å². The molecule has 1 aromatic rings. The van der Waals surface area contributed by atoms with Gasteiger partial charge in [-0.15, -0.1) is 0 Å². The maximum atomic E-state index is 12.9. The second kappa shape index (κ2) is 6.73. The van der Waals surface area contributed by atoms with Crippen LogP contribution in [-0.4, -0.2) is 19.7 Å². The van der Waals surface area contributed by atoms with E-state index < -0.39 is 5.82 Å². The van der Waals surface area contributed by atoms with E-state index in [4.69, 9.17) is 4.74 Å². The monoisotopic (exact) mass is 240 g/mol. The number of unbranched alkanes of at least 4 members (excludes halogenated alkanes) is 1. The summed E-state index contributed by atoms with van der Waals surface area (Å²) < 4.78 is 17.9. The molecule has 1 rings (SSSR count).